The van der Waals surface area contributed by atoms with Crippen LogP contribution in [0.1, 0.15) is 43.6 Å². The second-order valence-corrected chi connectivity index (χ2v) is 5.94. The standard InChI is InChI=1S/C18H27N3/c1-5-18(6-2,15-10-8-7-9-11-15)17(19)13-16-12-14(3)20-21(16)4/h7-12,17H,5-6,13,19H2,1-4H3. The molecule has 2 N–H and O–H groups in total. The number of aryl methyl sites for hydroxylation is 2. The lowest BCUT2D eigenvalue weighted by Crippen LogP contribution is -2.46. The Morgan fingerprint density at radius 1 is 1.19 bits per heavy atom. The van der Waals surface area contributed by atoms with E-state index in [1.807, 2.05) is 18.7 Å². The van der Waals surface area contributed by atoms with Gasteiger partial charge in [0.15, 0.2) is 0 Å². The molecule has 1 atom stereocenters. The Balaban J connectivity index is 2.32. The summed E-state index contributed by atoms with van der Waals surface area (Å²) in [5.74, 6) is 0. The molecule has 114 valence electrons. The molecule has 3 heteroatoms. The highest BCUT2D eigenvalue weighted by Crippen LogP contribution is 2.35. The van der Waals surface area contributed by atoms with Gasteiger partial charge in [0.25, 0.3) is 0 Å². The molecule has 1 aromatic carbocycles. The van der Waals surface area contributed by atoms with E-state index in [1.54, 1.807) is 0 Å². The highest BCUT2D eigenvalue weighted by molar-refractivity contribution is 5.28. The molecule has 2 aromatic rings. The molecule has 1 heterocycles. The smallest absolute Gasteiger partial charge is 0.0596 e. The predicted octanol–water partition coefficient (Wildman–Crippen LogP) is 3.36. The molecular formula is C18H27N3. The highest BCUT2D eigenvalue weighted by atomic mass is 15.3. The van der Waals surface area contributed by atoms with E-state index < -0.39 is 0 Å². The van der Waals surface area contributed by atoms with Crippen molar-refractivity contribution in [1.29, 1.82) is 0 Å². The molecule has 3 nitrogen and oxygen atoms in total. The lowest BCUT2D eigenvalue weighted by molar-refractivity contribution is 0.311. The van der Waals surface area contributed by atoms with Crippen molar-refractivity contribution < 1.29 is 0 Å². The molecule has 0 aliphatic heterocycles. The van der Waals surface area contributed by atoms with Gasteiger partial charge in [-0.1, -0.05) is 44.2 Å². The van der Waals surface area contributed by atoms with Crippen molar-refractivity contribution in [3.8, 4) is 0 Å². The minimum absolute atomic E-state index is 0.0272. The van der Waals surface area contributed by atoms with E-state index in [2.05, 4.69) is 55.3 Å². The van der Waals surface area contributed by atoms with Crippen LogP contribution in [0.2, 0.25) is 0 Å². The van der Waals surface area contributed by atoms with Gasteiger partial charge in [-0.2, -0.15) is 5.10 Å². The van der Waals surface area contributed by atoms with Gasteiger partial charge in [0.2, 0.25) is 0 Å². The second kappa shape index (κ2) is 6.44. The molecule has 21 heavy (non-hydrogen) atoms. The zero-order valence-electron chi connectivity index (χ0n) is 13.6. The number of hydrogen-bond donors (Lipinski definition) is 1. The Labute approximate surface area is 128 Å². The number of nitrogens with zero attached hydrogens (tertiary/aromatic N) is 2. The van der Waals surface area contributed by atoms with Crippen LogP contribution in [0.3, 0.4) is 0 Å². The van der Waals surface area contributed by atoms with E-state index in [-0.39, 0.29) is 11.5 Å². The molecule has 0 saturated heterocycles. The minimum Gasteiger partial charge on any atom is -0.327 e. The summed E-state index contributed by atoms with van der Waals surface area (Å²) in [4.78, 5) is 0. The van der Waals surface area contributed by atoms with Crippen molar-refractivity contribution >= 4 is 0 Å². The van der Waals surface area contributed by atoms with Crippen molar-refractivity contribution in [1.82, 2.24) is 9.78 Å². The van der Waals surface area contributed by atoms with E-state index in [0.717, 1.165) is 25.0 Å². The monoisotopic (exact) mass is 285 g/mol. The third-order valence-electron chi connectivity index (χ3n) is 4.85. The molecule has 0 radical (unpaired) electrons. The van der Waals surface area contributed by atoms with E-state index in [4.69, 9.17) is 5.73 Å². The average molecular weight is 285 g/mol. The highest BCUT2D eigenvalue weighted by Gasteiger charge is 2.35. The third kappa shape index (κ3) is 3.03. The van der Waals surface area contributed by atoms with Crippen LogP contribution in [0.25, 0.3) is 0 Å². The lowest BCUT2D eigenvalue weighted by atomic mass is 9.69. The fraction of sp³-hybridized carbons (Fsp3) is 0.500. The van der Waals surface area contributed by atoms with Gasteiger partial charge in [-0.3, -0.25) is 4.68 Å². The number of nitrogens with two attached hydrogens (primary N) is 1. The first-order valence-electron chi connectivity index (χ1n) is 7.84. The fourth-order valence-electron chi connectivity index (χ4n) is 3.44. The Morgan fingerprint density at radius 2 is 1.81 bits per heavy atom. The van der Waals surface area contributed by atoms with Crippen LogP contribution in [0, 0.1) is 6.92 Å². The van der Waals surface area contributed by atoms with Crippen LogP contribution in [0.5, 0.6) is 0 Å². The lowest BCUT2D eigenvalue weighted by Gasteiger charge is -2.38. The van der Waals surface area contributed by atoms with Crippen LogP contribution < -0.4 is 5.73 Å². The Morgan fingerprint density at radius 3 is 2.29 bits per heavy atom. The molecular weight excluding hydrogens is 258 g/mol. The molecule has 0 fully saturated rings. The molecule has 0 spiro atoms. The molecule has 0 aliphatic rings. The molecule has 0 saturated carbocycles. The second-order valence-electron chi connectivity index (χ2n) is 5.94. The average Bonchev–Trinajstić information content (AvgIpc) is 2.80. The van der Waals surface area contributed by atoms with Crippen molar-refractivity contribution in [3.05, 3.63) is 53.3 Å². The van der Waals surface area contributed by atoms with E-state index in [0.29, 0.717) is 0 Å². The predicted molar refractivity (Wildman–Crippen MR) is 88.3 cm³/mol. The minimum atomic E-state index is 0.0272. The van der Waals surface area contributed by atoms with E-state index >= 15 is 0 Å². The van der Waals surface area contributed by atoms with Gasteiger partial charge in [-0.25, -0.2) is 0 Å². The normalized spacial score (nSPS) is 13.4. The SMILES string of the molecule is CCC(CC)(c1ccccc1)C(N)Cc1cc(C)nn1C. The van der Waals surface area contributed by atoms with Crippen LogP contribution >= 0.6 is 0 Å². The molecule has 0 amide bonds. The van der Waals surface area contributed by atoms with Crippen LogP contribution in [0.15, 0.2) is 36.4 Å². The van der Waals surface area contributed by atoms with Gasteiger partial charge in [0.1, 0.15) is 0 Å². The van der Waals surface area contributed by atoms with Crippen molar-refractivity contribution in [3.63, 3.8) is 0 Å². The Kier molecular flexibility index (Phi) is 4.84. The Hall–Kier alpha value is -1.61. The first-order valence-corrected chi connectivity index (χ1v) is 7.84. The molecule has 1 aromatic heterocycles. The zero-order valence-corrected chi connectivity index (χ0v) is 13.6. The number of rotatable bonds is 6. The largest absolute Gasteiger partial charge is 0.327 e. The molecule has 2 rings (SSSR count). The first kappa shape index (κ1) is 15.8. The number of hydrogen-bond acceptors (Lipinski definition) is 2. The van der Waals surface area contributed by atoms with Gasteiger partial charge in [-0.05, 0) is 31.4 Å². The maximum Gasteiger partial charge on any atom is 0.0596 e. The van der Waals surface area contributed by atoms with Gasteiger partial charge in [0, 0.05) is 30.6 Å². The van der Waals surface area contributed by atoms with Crippen LogP contribution in [-0.2, 0) is 18.9 Å². The van der Waals surface area contributed by atoms with Gasteiger partial charge < -0.3 is 5.73 Å². The first-order chi connectivity index (χ1) is 10.0. The summed E-state index contributed by atoms with van der Waals surface area (Å²) in [5.41, 5.74) is 10.3. The summed E-state index contributed by atoms with van der Waals surface area (Å²) in [6, 6.07) is 12.9. The van der Waals surface area contributed by atoms with Crippen LogP contribution in [-0.4, -0.2) is 15.8 Å². The maximum absolute atomic E-state index is 6.68. The summed E-state index contributed by atoms with van der Waals surface area (Å²) in [5, 5.41) is 4.43. The van der Waals surface area contributed by atoms with E-state index in [9.17, 15) is 0 Å². The zero-order chi connectivity index (χ0) is 15.5. The maximum atomic E-state index is 6.68. The summed E-state index contributed by atoms with van der Waals surface area (Å²) < 4.78 is 1.95. The summed E-state index contributed by atoms with van der Waals surface area (Å²) in [6.45, 7) is 6.51. The van der Waals surface area contributed by atoms with Gasteiger partial charge in [0.05, 0.1) is 5.69 Å². The van der Waals surface area contributed by atoms with Crippen LogP contribution in [0.4, 0.5) is 0 Å². The topological polar surface area (TPSA) is 43.8 Å². The Bertz CT molecular complexity index is 567. The van der Waals surface area contributed by atoms with Gasteiger partial charge >= 0.3 is 0 Å². The quantitative estimate of drug-likeness (QED) is 0.884. The number of aromatic nitrogens is 2. The third-order valence-corrected chi connectivity index (χ3v) is 4.85. The van der Waals surface area contributed by atoms with Gasteiger partial charge in [-0.15, -0.1) is 0 Å². The fourth-order valence-corrected chi connectivity index (χ4v) is 3.44. The summed E-state index contributed by atoms with van der Waals surface area (Å²) >= 11 is 0. The van der Waals surface area contributed by atoms with E-state index in [1.165, 1.54) is 11.3 Å². The number of benzene rings is 1. The van der Waals surface area contributed by atoms with Crippen molar-refractivity contribution in [2.75, 3.05) is 0 Å². The molecule has 1 unspecified atom stereocenters. The summed E-state index contributed by atoms with van der Waals surface area (Å²) in [7, 11) is 2.00. The molecule has 0 bridgehead atoms. The summed E-state index contributed by atoms with van der Waals surface area (Å²) in [6.07, 6.45) is 2.95. The van der Waals surface area contributed by atoms with Crippen molar-refractivity contribution in [2.24, 2.45) is 12.8 Å². The van der Waals surface area contributed by atoms with Crippen molar-refractivity contribution in [2.45, 2.75) is 51.5 Å². The molecule has 0 aliphatic carbocycles.